The topological polar surface area (TPSA) is 102 Å². The molecule has 0 amide bonds. The second-order valence-corrected chi connectivity index (χ2v) is 5.44. The second kappa shape index (κ2) is 10.4. The third-order valence-corrected chi connectivity index (χ3v) is 3.31. The highest BCUT2D eigenvalue weighted by Gasteiger charge is 2.03. The summed E-state index contributed by atoms with van der Waals surface area (Å²) in [6.07, 6.45) is 4.80. The van der Waals surface area contributed by atoms with Gasteiger partial charge in [-0.25, -0.2) is 14.6 Å². The van der Waals surface area contributed by atoms with Crippen molar-refractivity contribution < 1.29 is 24.5 Å². The van der Waals surface area contributed by atoms with Gasteiger partial charge in [0.05, 0.1) is 11.6 Å². The molecule has 0 radical (unpaired) electrons. The summed E-state index contributed by atoms with van der Waals surface area (Å²) in [5.74, 6) is -0.899. The highest BCUT2D eigenvalue weighted by molar-refractivity contribution is 6.35. The molecule has 0 unspecified atom stereocenters. The van der Waals surface area contributed by atoms with Gasteiger partial charge in [0, 0.05) is 29.6 Å². The first-order valence-electron chi connectivity index (χ1n) is 6.99. The van der Waals surface area contributed by atoms with Gasteiger partial charge in [0.1, 0.15) is 18.2 Å². The molecule has 1 aromatic carbocycles. The molecule has 1 heterocycles. The number of aliphatic carboxylic acids is 2. The van der Waals surface area contributed by atoms with Gasteiger partial charge in [0.15, 0.2) is 0 Å². The van der Waals surface area contributed by atoms with E-state index in [1.807, 2.05) is 17.7 Å². The number of halogens is 2. The van der Waals surface area contributed by atoms with Gasteiger partial charge in [-0.3, -0.25) is 0 Å². The third-order valence-electron chi connectivity index (χ3n) is 2.78. The molecule has 2 aromatic rings. The molecule has 0 aliphatic rings. The molecular formula is C16H16Cl2N2O5. The van der Waals surface area contributed by atoms with E-state index in [1.54, 1.807) is 24.4 Å². The van der Waals surface area contributed by atoms with E-state index < -0.39 is 11.9 Å². The number of nitrogens with zero attached hydrogens (tertiary/aromatic N) is 2. The standard InChI is InChI=1S/C12H12Cl2N2O.C4H4O4/c1-9-15-4-5-16(9)6-7-17-12-3-2-10(13)8-11(12)14;5-3(6)1-2-4(7)8/h2-5,8H,6-7H2,1H3;1-2H,(H,5,6)(H,7,8)/b;2-1-. The van der Waals surface area contributed by atoms with Crippen molar-refractivity contribution in [1.82, 2.24) is 9.55 Å². The Morgan fingerprint density at radius 2 is 1.88 bits per heavy atom. The fourth-order valence-electron chi connectivity index (χ4n) is 1.63. The van der Waals surface area contributed by atoms with Crippen molar-refractivity contribution in [1.29, 1.82) is 0 Å². The Morgan fingerprint density at radius 3 is 2.36 bits per heavy atom. The Hall–Kier alpha value is -2.51. The number of carboxylic acid groups (broad SMARTS) is 2. The zero-order valence-electron chi connectivity index (χ0n) is 13.2. The fraction of sp³-hybridized carbons (Fsp3) is 0.188. The quantitative estimate of drug-likeness (QED) is 0.738. The van der Waals surface area contributed by atoms with Crippen LogP contribution in [0.15, 0.2) is 42.7 Å². The maximum Gasteiger partial charge on any atom is 0.328 e. The van der Waals surface area contributed by atoms with Crippen molar-refractivity contribution >= 4 is 35.1 Å². The molecule has 25 heavy (non-hydrogen) atoms. The van der Waals surface area contributed by atoms with Crippen molar-refractivity contribution in [3.63, 3.8) is 0 Å². The summed E-state index contributed by atoms with van der Waals surface area (Å²) in [5.41, 5.74) is 0. The number of aromatic nitrogens is 2. The molecule has 134 valence electrons. The molecule has 0 fully saturated rings. The van der Waals surface area contributed by atoms with Crippen LogP contribution in [0.1, 0.15) is 5.82 Å². The van der Waals surface area contributed by atoms with Crippen molar-refractivity contribution in [3.8, 4) is 5.75 Å². The number of benzene rings is 1. The van der Waals surface area contributed by atoms with E-state index in [9.17, 15) is 9.59 Å². The summed E-state index contributed by atoms with van der Waals surface area (Å²) in [6, 6.07) is 5.19. The lowest BCUT2D eigenvalue weighted by atomic mass is 10.3. The van der Waals surface area contributed by atoms with Crippen molar-refractivity contribution in [2.24, 2.45) is 0 Å². The summed E-state index contributed by atoms with van der Waals surface area (Å²) >= 11 is 11.8. The van der Waals surface area contributed by atoms with Crippen molar-refractivity contribution in [2.45, 2.75) is 13.5 Å². The molecule has 0 aliphatic heterocycles. The predicted octanol–water partition coefficient (Wildman–Crippen LogP) is 3.29. The largest absolute Gasteiger partial charge is 0.490 e. The molecule has 0 spiro atoms. The van der Waals surface area contributed by atoms with Crippen LogP contribution >= 0.6 is 23.2 Å². The lowest BCUT2D eigenvalue weighted by molar-refractivity contribution is -0.134. The predicted molar refractivity (Wildman–Crippen MR) is 93.3 cm³/mol. The molecule has 9 heteroatoms. The van der Waals surface area contributed by atoms with E-state index in [4.69, 9.17) is 38.2 Å². The minimum atomic E-state index is -1.26. The molecule has 2 N–H and O–H groups in total. The Morgan fingerprint density at radius 1 is 1.24 bits per heavy atom. The number of hydrogen-bond acceptors (Lipinski definition) is 4. The summed E-state index contributed by atoms with van der Waals surface area (Å²) < 4.78 is 7.60. The Bertz CT molecular complexity index is 743. The van der Waals surface area contributed by atoms with Crippen LogP contribution in [0.3, 0.4) is 0 Å². The molecular weight excluding hydrogens is 371 g/mol. The maximum absolute atomic E-state index is 9.55. The number of hydrogen-bond donors (Lipinski definition) is 2. The van der Waals surface area contributed by atoms with Gasteiger partial charge in [-0.2, -0.15) is 0 Å². The van der Waals surface area contributed by atoms with Crippen LogP contribution in [0.2, 0.25) is 10.0 Å². The van der Waals surface area contributed by atoms with Crippen LogP contribution < -0.4 is 4.74 Å². The Balaban J connectivity index is 0.000000333. The Kier molecular flexibility index (Phi) is 8.52. The lowest BCUT2D eigenvalue weighted by Crippen LogP contribution is -2.08. The minimum absolute atomic E-state index is 0.528. The van der Waals surface area contributed by atoms with E-state index in [1.165, 1.54) is 0 Å². The summed E-state index contributed by atoms with van der Waals surface area (Å²) in [4.78, 5) is 23.2. The number of imidazole rings is 1. The third kappa shape index (κ3) is 8.23. The van der Waals surface area contributed by atoms with Crippen molar-refractivity contribution in [2.75, 3.05) is 6.61 Å². The minimum Gasteiger partial charge on any atom is -0.490 e. The van der Waals surface area contributed by atoms with Gasteiger partial charge in [-0.15, -0.1) is 0 Å². The van der Waals surface area contributed by atoms with E-state index in [2.05, 4.69) is 4.98 Å². The first kappa shape index (κ1) is 20.5. The SMILES string of the molecule is Cc1nccn1CCOc1ccc(Cl)cc1Cl.O=C(O)/C=C\C(=O)O. The molecule has 0 saturated carbocycles. The highest BCUT2D eigenvalue weighted by atomic mass is 35.5. The van der Waals surface area contributed by atoms with E-state index in [0.717, 1.165) is 12.4 Å². The number of aryl methyl sites for hydroxylation is 1. The van der Waals surface area contributed by atoms with Crippen LogP contribution in [0.4, 0.5) is 0 Å². The first-order chi connectivity index (χ1) is 11.8. The van der Waals surface area contributed by atoms with Gasteiger partial charge in [-0.05, 0) is 25.1 Å². The normalized spacial score (nSPS) is 10.2. The van der Waals surface area contributed by atoms with Gasteiger partial charge in [0.2, 0.25) is 0 Å². The maximum atomic E-state index is 9.55. The van der Waals surface area contributed by atoms with E-state index in [0.29, 0.717) is 34.6 Å². The molecule has 0 saturated heterocycles. The smallest absolute Gasteiger partial charge is 0.328 e. The van der Waals surface area contributed by atoms with Gasteiger partial charge < -0.3 is 19.5 Å². The Labute approximate surface area is 154 Å². The van der Waals surface area contributed by atoms with Crippen LogP contribution in [-0.4, -0.2) is 38.3 Å². The average Bonchev–Trinajstić information content (AvgIpc) is 2.93. The fourth-order valence-corrected chi connectivity index (χ4v) is 2.09. The summed E-state index contributed by atoms with van der Waals surface area (Å²) in [6.45, 7) is 3.23. The lowest BCUT2D eigenvalue weighted by Gasteiger charge is -2.09. The molecule has 7 nitrogen and oxygen atoms in total. The van der Waals surface area contributed by atoms with E-state index in [-0.39, 0.29) is 0 Å². The summed E-state index contributed by atoms with van der Waals surface area (Å²) in [5, 5.41) is 16.8. The van der Waals surface area contributed by atoms with Crippen LogP contribution in [-0.2, 0) is 16.1 Å². The molecule has 0 atom stereocenters. The molecule has 0 bridgehead atoms. The zero-order valence-corrected chi connectivity index (χ0v) is 14.7. The van der Waals surface area contributed by atoms with Crippen LogP contribution in [0, 0.1) is 6.92 Å². The van der Waals surface area contributed by atoms with Gasteiger partial charge >= 0.3 is 11.9 Å². The summed E-state index contributed by atoms with van der Waals surface area (Å²) in [7, 11) is 0. The first-order valence-corrected chi connectivity index (χ1v) is 7.74. The molecule has 1 aromatic heterocycles. The monoisotopic (exact) mass is 386 g/mol. The number of carboxylic acids is 2. The molecule has 0 aliphatic carbocycles. The zero-order chi connectivity index (χ0) is 18.8. The highest BCUT2D eigenvalue weighted by Crippen LogP contribution is 2.27. The van der Waals surface area contributed by atoms with Crippen LogP contribution in [0.25, 0.3) is 0 Å². The molecule has 2 rings (SSSR count). The van der Waals surface area contributed by atoms with Crippen LogP contribution in [0.5, 0.6) is 5.75 Å². The number of carbonyl (C=O) groups is 2. The van der Waals surface area contributed by atoms with Crippen molar-refractivity contribution in [3.05, 3.63) is 58.6 Å². The van der Waals surface area contributed by atoms with E-state index >= 15 is 0 Å². The second-order valence-electron chi connectivity index (χ2n) is 4.60. The average molecular weight is 387 g/mol. The number of rotatable bonds is 6. The number of ether oxygens (including phenoxy) is 1. The van der Waals surface area contributed by atoms with Gasteiger partial charge in [-0.1, -0.05) is 23.2 Å². The van der Waals surface area contributed by atoms with Gasteiger partial charge in [0.25, 0.3) is 0 Å².